The molecular formula is C18H9Cl6NO. The first-order valence-corrected chi connectivity index (χ1v) is 9.49. The third-order valence-electron chi connectivity index (χ3n) is 3.80. The third kappa shape index (κ3) is 3.73. The van der Waals surface area contributed by atoms with Crippen molar-refractivity contribution < 1.29 is 0 Å². The summed E-state index contributed by atoms with van der Waals surface area (Å²) < 4.78 is 0. The average Bonchev–Trinajstić information content (AvgIpc) is 2.55. The van der Waals surface area contributed by atoms with Crippen LogP contribution in [0.5, 0.6) is 0 Å². The third-order valence-corrected chi connectivity index (χ3v) is 5.85. The number of benzene rings is 2. The van der Waals surface area contributed by atoms with Gasteiger partial charge in [-0.15, -0.1) is 0 Å². The molecule has 0 fully saturated rings. The monoisotopic (exact) mass is 465 g/mol. The molecule has 0 bridgehead atoms. The summed E-state index contributed by atoms with van der Waals surface area (Å²) in [6, 6.07) is 7.96. The second-order valence-electron chi connectivity index (χ2n) is 5.55. The van der Waals surface area contributed by atoms with E-state index in [-0.39, 0.29) is 15.6 Å². The molecule has 1 N–H and O–H groups in total. The van der Waals surface area contributed by atoms with E-state index in [4.69, 9.17) is 69.6 Å². The Hall–Kier alpha value is -0.870. The summed E-state index contributed by atoms with van der Waals surface area (Å²) in [5.41, 5.74) is 2.21. The SMILES string of the molecule is Cc1[nH]c(=O)c(-c2cc(Cl)cc(Cl)c2Cl)cc1-c1cc(Cl)cc(Cl)c1Cl. The molecule has 0 aliphatic carbocycles. The standard InChI is InChI=1S/C18H9Cl6NO/c1-7-10(11-2-8(19)4-14(21)16(11)23)6-13(18(26)25-7)12-3-9(20)5-15(22)17(12)24/h2-6H,1H3,(H,25,26). The molecule has 0 saturated heterocycles. The molecule has 3 aromatic rings. The minimum absolute atomic E-state index is 0.228. The van der Waals surface area contributed by atoms with E-state index in [9.17, 15) is 4.79 Å². The van der Waals surface area contributed by atoms with Gasteiger partial charge in [0.15, 0.2) is 0 Å². The molecule has 1 aromatic heterocycles. The molecule has 2 aromatic carbocycles. The normalized spacial score (nSPS) is 11.0. The molecule has 0 unspecified atom stereocenters. The first-order valence-electron chi connectivity index (χ1n) is 7.22. The van der Waals surface area contributed by atoms with Crippen molar-refractivity contribution in [1.82, 2.24) is 4.98 Å². The van der Waals surface area contributed by atoms with E-state index in [1.54, 1.807) is 31.2 Å². The highest BCUT2D eigenvalue weighted by Crippen LogP contribution is 2.40. The summed E-state index contributed by atoms with van der Waals surface area (Å²) in [5.74, 6) is 0. The number of nitrogens with one attached hydrogen (secondary N) is 1. The molecule has 0 amide bonds. The quantitative estimate of drug-likeness (QED) is 0.381. The fourth-order valence-corrected chi connectivity index (χ4v) is 4.02. The van der Waals surface area contributed by atoms with Crippen molar-refractivity contribution in [1.29, 1.82) is 0 Å². The van der Waals surface area contributed by atoms with E-state index in [1.165, 1.54) is 6.07 Å². The Bertz CT molecular complexity index is 1090. The molecule has 1 heterocycles. The summed E-state index contributed by atoms with van der Waals surface area (Å²) in [7, 11) is 0. The first-order chi connectivity index (χ1) is 12.2. The highest BCUT2D eigenvalue weighted by atomic mass is 35.5. The van der Waals surface area contributed by atoms with E-state index in [0.29, 0.717) is 48.0 Å². The Balaban J connectivity index is 2.33. The minimum atomic E-state index is -0.337. The summed E-state index contributed by atoms with van der Waals surface area (Å²) in [5, 5.41) is 1.90. The van der Waals surface area contributed by atoms with Crippen LogP contribution < -0.4 is 5.56 Å². The second kappa shape index (κ2) is 7.63. The predicted octanol–water partition coefficient (Wildman–Crippen LogP) is 7.94. The van der Waals surface area contributed by atoms with Crippen LogP contribution in [-0.2, 0) is 0 Å². The number of halogens is 6. The molecule has 2 nitrogen and oxygen atoms in total. The number of aromatic nitrogens is 1. The molecule has 3 rings (SSSR count). The largest absolute Gasteiger partial charge is 0.325 e. The highest BCUT2D eigenvalue weighted by molar-refractivity contribution is 6.45. The number of aromatic amines is 1. The van der Waals surface area contributed by atoms with Crippen molar-refractivity contribution >= 4 is 69.6 Å². The van der Waals surface area contributed by atoms with Crippen molar-refractivity contribution in [3.8, 4) is 22.3 Å². The maximum Gasteiger partial charge on any atom is 0.256 e. The van der Waals surface area contributed by atoms with Gasteiger partial charge in [0.25, 0.3) is 5.56 Å². The summed E-state index contributed by atoms with van der Waals surface area (Å²) in [6.45, 7) is 1.75. The van der Waals surface area contributed by atoms with Crippen LogP contribution in [0.4, 0.5) is 0 Å². The Morgan fingerprint density at radius 2 is 1.12 bits per heavy atom. The zero-order chi connectivity index (χ0) is 19.2. The fraction of sp³-hybridized carbons (Fsp3) is 0.0556. The molecule has 0 spiro atoms. The van der Waals surface area contributed by atoms with Gasteiger partial charge in [-0.1, -0.05) is 69.6 Å². The van der Waals surface area contributed by atoms with Gasteiger partial charge in [0, 0.05) is 38.0 Å². The number of H-pyrrole nitrogens is 1. The summed E-state index contributed by atoms with van der Waals surface area (Å²) in [6.07, 6.45) is 0. The maximum absolute atomic E-state index is 12.5. The van der Waals surface area contributed by atoms with E-state index < -0.39 is 0 Å². The van der Waals surface area contributed by atoms with Crippen LogP contribution in [0.1, 0.15) is 5.69 Å². The van der Waals surface area contributed by atoms with Gasteiger partial charge in [-0.05, 0) is 37.3 Å². The van der Waals surface area contributed by atoms with Crippen LogP contribution in [0.15, 0.2) is 35.1 Å². The van der Waals surface area contributed by atoms with E-state index in [1.807, 2.05) is 0 Å². The van der Waals surface area contributed by atoms with Crippen molar-refractivity contribution in [3.05, 3.63) is 76.5 Å². The predicted molar refractivity (Wildman–Crippen MR) is 113 cm³/mol. The fourth-order valence-electron chi connectivity index (χ4n) is 2.61. The Morgan fingerprint density at radius 1 is 0.654 bits per heavy atom. The van der Waals surface area contributed by atoms with Crippen LogP contribution in [0.2, 0.25) is 30.1 Å². The van der Waals surface area contributed by atoms with Crippen molar-refractivity contribution in [2.24, 2.45) is 0 Å². The molecular weight excluding hydrogens is 459 g/mol. The van der Waals surface area contributed by atoms with Crippen LogP contribution >= 0.6 is 69.6 Å². The molecule has 0 radical (unpaired) electrons. The summed E-state index contributed by atoms with van der Waals surface area (Å²) >= 11 is 37.0. The van der Waals surface area contributed by atoms with E-state index in [2.05, 4.69) is 4.98 Å². The smallest absolute Gasteiger partial charge is 0.256 e. The van der Waals surface area contributed by atoms with Gasteiger partial charge in [0.05, 0.1) is 20.1 Å². The Labute approximate surface area is 179 Å². The van der Waals surface area contributed by atoms with Gasteiger partial charge >= 0.3 is 0 Å². The Morgan fingerprint density at radius 3 is 1.62 bits per heavy atom. The van der Waals surface area contributed by atoms with Crippen molar-refractivity contribution in [2.45, 2.75) is 6.92 Å². The molecule has 26 heavy (non-hydrogen) atoms. The topological polar surface area (TPSA) is 32.9 Å². The molecule has 0 aliphatic heterocycles. The zero-order valence-corrected chi connectivity index (χ0v) is 17.6. The molecule has 0 atom stereocenters. The van der Waals surface area contributed by atoms with Crippen LogP contribution in [0, 0.1) is 6.92 Å². The number of aryl methyl sites for hydroxylation is 1. The molecule has 134 valence electrons. The van der Waals surface area contributed by atoms with E-state index in [0.717, 1.165) is 0 Å². The first kappa shape index (κ1) is 19.9. The number of hydrogen-bond acceptors (Lipinski definition) is 1. The minimum Gasteiger partial charge on any atom is -0.325 e. The molecule has 0 aliphatic rings. The molecule has 0 saturated carbocycles. The maximum atomic E-state index is 12.5. The zero-order valence-electron chi connectivity index (χ0n) is 13.1. The number of pyridine rings is 1. The van der Waals surface area contributed by atoms with E-state index >= 15 is 0 Å². The van der Waals surface area contributed by atoms with Crippen LogP contribution in [0.3, 0.4) is 0 Å². The number of hydrogen-bond donors (Lipinski definition) is 1. The lowest BCUT2D eigenvalue weighted by atomic mass is 9.99. The molecule has 8 heteroatoms. The summed E-state index contributed by atoms with van der Waals surface area (Å²) in [4.78, 5) is 15.3. The van der Waals surface area contributed by atoms with Gasteiger partial charge in [0.2, 0.25) is 0 Å². The lowest BCUT2D eigenvalue weighted by Gasteiger charge is -2.13. The lowest BCUT2D eigenvalue weighted by Crippen LogP contribution is -2.11. The lowest BCUT2D eigenvalue weighted by molar-refractivity contribution is 1.15. The van der Waals surface area contributed by atoms with Crippen LogP contribution in [0.25, 0.3) is 22.3 Å². The van der Waals surface area contributed by atoms with Crippen molar-refractivity contribution in [2.75, 3.05) is 0 Å². The van der Waals surface area contributed by atoms with Gasteiger partial charge < -0.3 is 4.98 Å². The van der Waals surface area contributed by atoms with Gasteiger partial charge in [0.1, 0.15) is 0 Å². The van der Waals surface area contributed by atoms with Gasteiger partial charge in [-0.25, -0.2) is 0 Å². The van der Waals surface area contributed by atoms with Gasteiger partial charge in [-0.3, -0.25) is 4.79 Å². The Kier molecular flexibility index (Phi) is 5.83. The van der Waals surface area contributed by atoms with Gasteiger partial charge in [-0.2, -0.15) is 0 Å². The second-order valence-corrected chi connectivity index (χ2v) is 7.99. The van der Waals surface area contributed by atoms with Crippen LogP contribution in [-0.4, -0.2) is 4.98 Å². The van der Waals surface area contributed by atoms with Crippen molar-refractivity contribution in [3.63, 3.8) is 0 Å². The number of rotatable bonds is 2. The highest BCUT2D eigenvalue weighted by Gasteiger charge is 2.17. The average molecular weight is 468 g/mol.